The molecule has 0 fully saturated rings. The predicted octanol–water partition coefficient (Wildman–Crippen LogP) is 2.20. The van der Waals surface area contributed by atoms with Crippen LogP contribution in [-0.2, 0) is 22.4 Å². The third kappa shape index (κ3) is 3.71. The summed E-state index contributed by atoms with van der Waals surface area (Å²) in [7, 11) is 1.50. The maximum atomic E-state index is 11.4. The number of carbonyl (C=O) groups excluding carboxylic acids is 1. The number of hydrogen-bond acceptors (Lipinski definition) is 4. The first-order chi connectivity index (χ1) is 9.03. The highest BCUT2D eigenvalue weighted by Gasteiger charge is 2.17. The molecule has 104 valence electrons. The first-order valence-electron chi connectivity index (χ1n) is 6.14. The fourth-order valence-corrected chi connectivity index (χ4v) is 1.95. The third-order valence-corrected chi connectivity index (χ3v) is 2.78. The van der Waals surface area contributed by atoms with Gasteiger partial charge in [0.05, 0.1) is 7.11 Å². The normalized spacial score (nSPS) is 10.1. The van der Waals surface area contributed by atoms with Gasteiger partial charge < -0.3 is 14.6 Å². The van der Waals surface area contributed by atoms with Crippen LogP contribution in [0.1, 0.15) is 31.4 Å². The molecule has 1 aromatic rings. The van der Waals surface area contributed by atoms with Crippen molar-refractivity contribution in [1.82, 2.24) is 0 Å². The fraction of sp³-hybridized carbons (Fsp3) is 0.429. The van der Waals surface area contributed by atoms with Gasteiger partial charge in [0.2, 0.25) is 0 Å². The molecule has 0 aliphatic carbocycles. The quantitative estimate of drug-likeness (QED) is 0.485. The molecule has 5 heteroatoms. The summed E-state index contributed by atoms with van der Waals surface area (Å²) < 4.78 is 10.3. The van der Waals surface area contributed by atoms with Crippen LogP contribution in [0.3, 0.4) is 0 Å². The summed E-state index contributed by atoms with van der Waals surface area (Å²) >= 11 is 0. The van der Waals surface area contributed by atoms with Crippen LogP contribution in [0.5, 0.6) is 11.5 Å². The first-order valence-corrected chi connectivity index (χ1v) is 6.14. The van der Waals surface area contributed by atoms with Crippen molar-refractivity contribution in [3.63, 3.8) is 0 Å². The number of aryl methyl sites for hydroxylation is 1. The van der Waals surface area contributed by atoms with Gasteiger partial charge in [0.1, 0.15) is 6.42 Å². The summed E-state index contributed by atoms with van der Waals surface area (Å²) in [6.07, 6.45) is 0.930. The molecule has 0 aliphatic heterocycles. The van der Waals surface area contributed by atoms with Gasteiger partial charge in [-0.1, -0.05) is 19.9 Å². The van der Waals surface area contributed by atoms with Crippen molar-refractivity contribution in [2.45, 2.75) is 33.1 Å². The number of ether oxygens (including phenoxy) is 2. The van der Waals surface area contributed by atoms with Crippen LogP contribution in [0.4, 0.5) is 0 Å². The molecule has 0 spiro atoms. The molecule has 0 radical (unpaired) electrons. The molecule has 0 unspecified atom stereocenters. The maximum Gasteiger partial charge on any atom is 0.322 e. The van der Waals surface area contributed by atoms with Gasteiger partial charge in [-0.2, -0.15) is 0 Å². The topological polar surface area (TPSA) is 72.8 Å². The zero-order chi connectivity index (χ0) is 14.4. The average molecular weight is 266 g/mol. The van der Waals surface area contributed by atoms with Crippen molar-refractivity contribution in [2.75, 3.05) is 7.11 Å². The van der Waals surface area contributed by atoms with Crippen LogP contribution >= 0.6 is 0 Å². The van der Waals surface area contributed by atoms with E-state index < -0.39 is 18.4 Å². The number of carboxylic acids is 1. The summed E-state index contributed by atoms with van der Waals surface area (Å²) in [5.74, 6) is -1.26. The third-order valence-electron chi connectivity index (χ3n) is 2.78. The zero-order valence-electron chi connectivity index (χ0n) is 11.4. The van der Waals surface area contributed by atoms with E-state index in [-0.39, 0.29) is 5.75 Å². The van der Waals surface area contributed by atoms with Gasteiger partial charge in [-0.15, -0.1) is 0 Å². The number of aliphatic carboxylic acids is 1. The minimum absolute atomic E-state index is 0.266. The first kappa shape index (κ1) is 15.0. The maximum absolute atomic E-state index is 11.4. The molecule has 0 saturated heterocycles. The van der Waals surface area contributed by atoms with Crippen molar-refractivity contribution in [1.29, 1.82) is 0 Å². The monoisotopic (exact) mass is 266 g/mol. The van der Waals surface area contributed by atoms with Crippen LogP contribution in [0, 0.1) is 0 Å². The van der Waals surface area contributed by atoms with Crippen molar-refractivity contribution >= 4 is 11.9 Å². The summed E-state index contributed by atoms with van der Waals surface area (Å²) in [6, 6.07) is 3.50. The molecule has 19 heavy (non-hydrogen) atoms. The number of rotatable bonds is 6. The molecule has 1 rings (SSSR count). The van der Waals surface area contributed by atoms with E-state index in [0.717, 1.165) is 24.0 Å². The molecule has 1 aromatic carbocycles. The second kappa shape index (κ2) is 6.78. The smallest absolute Gasteiger partial charge is 0.322 e. The lowest BCUT2D eigenvalue weighted by atomic mass is 10.0. The van der Waals surface area contributed by atoms with E-state index in [9.17, 15) is 9.59 Å². The summed E-state index contributed by atoms with van der Waals surface area (Å²) in [5, 5.41) is 8.54. The highest BCUT2D eigenvalue weighted by atomic mass is 16.6. The van der Waals surface area contributed by atoms with Crippen molar-refractivity contribution in [3.8, 4) is 11.5 Å². The van der Waals surface area contributed by atoms with Crippen LogP contribution in [0.25, 0.3) is 0 Å². The summed E-state index contributed by atoms with van der Waals surface area (Å²) in [4.78, 5) is 21.8. The zero-order valence-corrected chi connectivity index (χ0v) is 11.4. The number of carbonyl (C=O) groups is 2. The van der Waals surface area contributed by atoms with E-state index in [4.69, 9.17) is 14.6 Å². The van der Waals surface area contributed by atoms with Gasteiger partial charge in [-0.25, -0.2) is 0 Å². The number of benzene rings is 1. The van der Waals surface area contributed by atoms with E-state index in [2.05, 4.69) is 0 Å². The van der Waals surface area contributed by atoms with Gasteiger partial charge >= 0.3 is 11.9 Å². The fourth-order valence-electron chi connectivity index (χ4n) is 1.95. The Morgan fingerprint density at radius 2 is 1.89 bits per heavy atom. The molecule has 0 saturated carbocycles. The standard InChI is InChI=1S/C14H18O5/c1-4-9-6-7-11(14(18-3)10(9)5-2)19-13(17)8-12(15)16/h6-7H,4-5,8H2,1-3H3,(H,15,16). The Kier molecular flexibility index (Phi) is 5.36. The number of esters is 1. The van der Waals surface area contributed by atoms with Gasteiger partial charge in [0.25, 0.3) is 0 Å². The highest BCUT2D eigenvalue weighted by Crippen LogP contribution is 2.34. The van der Waals surface area contributed by atoms with Crippen molar-refractivity contribution in [2.24, 2.45) is 0 Å². The lowest BCUT2D eigenvalue weighted by molar-refractivity contribution is -0.145. The molecule has 0 aliphatic rings. The molecule has 0 amide bonds. The van der Waals surface area contributed by atoms with Crippen LogP contribution in [0.2, 0.25) is 0 Å². The van der Waals surface area contributed by atoms with Gasteiger partial charge in [0, 0.05) is 5.56 Å². The van der Waals surface area contributed by atoms with Gasteiger partial charge in [-0.05, 0) is 24.5 Å². The van der Waals surface area contributed by atoms with Crippen LogP contribution in [-0.4, -0.2) is 24.2 Å². The number of hydrogen-bond donors (Lipinski definition) is 1. The molecule has 0 atom stereocenters. The summed E-state index contributed by atoms with van der Waals surface area (Å²) in [6.45, 7) is 4.02. The van der Waals surface area contributed by atoms with E-state index in [1.54, 1.807) is 6.07 Å². The van der Waals surface area contributed by atoms with E-state index in [0.29, 0.717) is 5.75 Å². The lowest BCUT2D eigenvalue weighted by Crippen LogP contribution is -2.14. The Morgan fingerprint density at radius 1 is 1.21 bits per heavy atom. The van der Waals surface area contributed by atoms with E-state index in [1.807, 2.05) is 19.9 Å². The highest BCUT2D eigenvalue weighted by molar-refractivity contribution is 5.91. The van der Waals surface area contributed by atoms with E-state index in [1.165, 1.54) is 7.11 Å². The molecule has 5 nitrogen and oxygen atoms in total. The Labute approximate surface area is 112 Å². The number of carboxylic acid groups (broad SMARTS) is 1. The minimum Gasteiger partial charge on any atom is -0.493 e. The van der Waals surface area contributed by atoms with Gasteiger partial charge in [0.15, 0.2) is 11.5 Å². The average Bonchev–Trinajstić information content (AvgIpc) is 2.36. The Hall–Kier alpha value is -2.04. The molecule has 1 N–H and O–H groups in total. The van der Waals surface area contributed by atoms with Crippen molar-refractivity contribution < 1.29 is 24.2 Å². The second-order valence-corrected chi connectivity index (χ2v) is 3.99. The summed E-state index contributed by atoms with van der Waals surface area (Å²) in [5.41, 5.74) is 2.10. The Bertz CT molecular complexity index is 479. The predicted molar refractivity (Wildman–Crippen MR) is 69.6 cm³/mol. The SMILES string of the molecule is CCc1ccc(OC(=O)CC(=O)O)c(OC)c1CC. The molecule has 0 aromatic heterocycles. The van der Waals surface area contributed by atoms with E-state index >= 15 is 0 Å². The Morgan fingerprint density at radius 3 is 2.37 bits per heavy atom. The second-order valence-electron chi connectivity index (χ2n) is 3.99. The molecular formula is C14H18O5. The minimum atomic E-state index is -1.22. The van der Waals surface area contributed by atoms with Crippen LogP contribution < -0.4 is 9.47 Å². The number of methoxy groups -OCH3 is 1. The molecular weight excluding hydrogens is 248 g/mol. The van der Waals surface area contributed by atoms with Crippen molar-refractivity contribution in [3.05, 3.63) is 23.3 Å². The molecule has 0 bridgehead atoms. The lowest BCUT2D eigenvalue weighted by Gasteiger charge is -2.15. The van der Waals surface area contributed by atoms with Crippen LogP contribution in [0.15, 0.2) is 12.1 Å². The largest absolute Gasteiger partial charge is 0.493 e. The molecule has 0 heterocycles. The van der Waals surface area contributed by atoms with Gasteiger partial charge in [-0.3, -0.25) is 9.59 Å². The Balaban J connectivity index is 3.07.